The molecule has 0 aliphatic carbocycles. The summed E-state index contributed by atoms with van der Waals surface area (Å²) in [6.45, 7) is 0. The number of anilines is 1. The second-order valence-electron chi connectivity index (χ2n) is 8.39. The number of carbonyl (C=O) groups excluding carboxylic acids is 1. The minimum Gasteiger partial charge on any atom is -0.507 e. The second-order valence-corrected chi connectivity index (χ2v) is 9.31. The summed E-state index contributed by atoms with van der Waals surface area (Å²) in [4.78, 5) is 17.8. The number of nitrogens with zero attached hydrogens (tertiary/aromatic N) is 2. The summed E-state index contributed by atoms with van der Waals surface area (Å²) >= 11 is 3.35. The summed E-state index contributed by atoms with van der Waals surface area (Å²) in [5.74, 6) is 1.87. The van der Waals surface area contributed by atoms with Crippen molar-refractivity contribution in [3.8, 4) is 23.0 Å². The maximum Gasteiger partial charge on any atom is 0.261 e. The number of nitrogens with one attached hydrogen (secondary N) is 1. The first kappa shape index (κ1) is 26.1. The number of imidazole rings is 1. The first-order chi connectivity index (χ1) is 17.8. The van der Waals surface area contributed by atoms with E-state index in [9.17, 15) is 9.90 Å². The zero-order chi connectivity index (χ0) is 26.5. The van der Waals surface area contributed by atoms with Crippen LogP contribution in [-0.4, -0.2) is 41.9 Å². The minimum absolute atomic E-state index is 0.112. The zero-order valence-electron chi connectivity index (χ0n) is 21.0. The van der Waals surface area contributed by atoms with Gasteiger partial charge < -0.3 is 23.9 Å². The molecule has 8 nitrogen and oxygen atoms in total. The van der Waals surface area contributed by atoms with Gasteiger partial charge in [-0.2, -0.15) is 0 Å². The largest absolute Gasteiger partial charge is 0.507 e. The summed E-state index contributed by atoms with van der Waals surface area (Å²) in [5, 5.41) is 13.0. The fourth-order valence-corrected chi connectivity index (χ4v) is 4.40. The van der Waals surface area contributed by atoms with Crippen LogP contribution in [0.2, 0.25) is 0 Å². The van der Waals surface area contributed by atoms with Crippen molar-refractivity contribution >= 4 is 27.8 Å². The SMILES string of the molecule is COc1ccc(Cc2nc(NC(=O)c3cc(Br)ccc3O)n(C)c2Cc2ccc(OC)c(OC)c2)cc1. The van der Waals surface area contributed by atoms with E-state index in [1.807, 2.05) is 54.1 Å². The molecule has 3 aromatic carbocycles. The van der Waals surface area contributed by atoms with E-state index < -0.39 is 5.91 Å². The van der Waals surface area contributed by atoms with Crippen LogP contribution in [0.3, 0.4) is 0 Å². The standard InChI is InChI=1S/C28H28BrN3O5/c1-32-23(14-18-7-12-25(36-3)26(15-18)37-4)22(13-17-5-9-20(35-2)10-6-17)30-28(32)31-27(34)21-16-19(29)8-11-24(21)33/h5-12,15-16,33H,13-14H2,1-4H3,(H,30,31,34). The molecule has 37 heavy (non-hydrogen) atoms. The van der Waals surface area contributed by atoms with Crippen LogP contribution >= 0.6 is 15.9 Å². The summed E-state index contributed by atoms with van der Waals surface area (Å²) < 4.78 is 18.7. The number of phenolic OH excluding ortho intramolecular Hbond substituents is 1. The molecule has 4 aromatic rings. The Kier molecular flexibility index (Phi) is 8.03. The maximum absolute atomic E-state index is 13.0. The lowest BCUT2D eigenvalue weighted by Gasteiger charge is -2.12. The highest BCUT2D eigenvalue weighted by atomic mass is 79.9. The molecule has 2 N–H and O–H groups in total. The van der Waals surface area contributed by atoms with Crippen molar-refractivity contribution < 1.29 is 24.1 Å². The number of amides is 1. The average Bonchev–Trinajstić information content (AvgIpc) is 3.18. The van der Waals surface area contributed by atoms with Gasteiger partial charge in [0.05, 0.1) is 32.6 Å². The Morgan fingerprint density at radius 3 is 2.30 bits per heavy atom. The average molecular weight is 566 g/mol. The fraction of sp³-hybridized carbons (Fsp3) is 0.214. The van der Waals surface area contributed by atoms with Gasteiger partial charge >= 0.3 is 0 Å². The molecule has 1 heterocycles. The third-order valence-corrected chi connectivity index (χ3v) is 6.57. The van der Waals surface area contributed by atoms with Crippen LogP contribution in [0.1, 0.15) is 32.9 Å². The molecular weight excluding hydrogens is 538 g/mol. The molecule has 1 amide bonds. The molecule has 0 spiro atoms. The first-order valence-corrected chi connectivity index (χ1v) is 12.3. The zero-order valence-corrected chi connectivity index (χ0v) is 22.6. The highest BCUT2D eigenvalue weighted by molar-refractivity contribution is 9.10. The number of methoxy groups -OCH3 is 3. The van der Waals surface area contributed by atoms with E-state index in [0.29, 0.717) is 34.8 Å². The molecule has 0 fully saturated rings. The third-order valence-electron chi connectivity index (χ3n) is 6.08. The highest BCUT2D eigenvalue weighted by Crippen LogP contribution is 2.30. The van der Waals surface area contributed by atoms with Crippen molar-refractivity contribution in [1.29, 1.82) is 0 Å². The van der Waals surface area contributed by atoms with Gasteiger partial charge in [0.15, 0.2) is 11.5 Å². The number of phenols is 1. The van der Waals surface area contributed by atoms with Gasteiger partial charge in [-0.1, -0.05) is 34.1 Å². The van der Waals surface area contributed by atoms with E-state index in [0.717, 1.165) is 28.3 Å². The van der Waals surface area contributed by atoms with Gasteiger partial charge in [0.25, 0.3) is 5.91 Å². The van der Waals surface area contributed by atoms with E-state index in [-0.39, 0.29) is 11.3 Å². The van der Waals surface area contributed by atoms with Gasteiger partial charge in [0.2, 0.25) is 5.95 Å². The van der Waals surface area contributed by atoms with Crippen LogP contribution in [0.4, 0.5) is 5.95 Å². The Morgan fingerprint density at radius 2 is 1.62 bits per heavy atom. The third kappa shape index (κ3) is 5.89. The topological polar surface area (TPSA) is 94.8 Å². The van der Waals surface area contributed by atoms with Crippen molar-refractivity contribution in [1.82, 2.24) is 9.55 Å². The van der Waals surface area contributed by atoms with Crippen LogP contribution in [0.25, 0.3) is 0 Å². The van der Waals surface area contributed by atoms with Crippen molar-refractivity contribution in [2.75, 3.05) is 26.6 Å². The number of aromatic hydroxyl groups is 1. The lowest BCUT2D eigenvalue weighted by molar-refractivity contribution is 0.102. The summed E-state index contributed by atoms with van der Waals surface area (Å²) in [6, 6.07) is 18.3. The Balaban J connectivity index is 1.70. The minimum atomic E-state index is -0.458. The Bertz CT molecular complexity index is 1420. The predicted molar refractivity (Wildman–Crippen MR) is 145 cm³/mol. The van der Waals surface area contributed by atoms with Crippen LogP contribution in [0, 0.1) is 0 Å². The molecule has 0 atom stereocenters. The van der Waals surface area contributed by atoms with Crippen molar-refractivity contribution in [2.24, 2.45) is 7.05 Å². The van der Waals surface area contributed by atoms with Gasteiger partial charge in [0, 0.05) is 30.1 Å². The number of rotatable bonds is 9. The van der Waals surface area contributed by atoms with Gasteiger partial charge in [-0.15, -0.1) is 0 Å². The fourth-order valence-electron chi connectivity index (χ4n) is 4.04. The smallest absolute Gasteiger partial charge is 0.261 e. The van der Waals surface area contributed by atoms with Crippen molar-refractivity contribution in [2.45, 2.75) is 12.8 Å². The monoisotopic (exact) mass is 565 g/mol. The lowest BCUT2D eigenvalue weighted by Crippen LogP contribution is -2.16. The van der Waals surface area contributed by atoms with E-state index in [1.165, 1.54) is 6.07 Å². The molecule has 0 aliphatic heterocycles. The Labute approximate surface area is 224 Å². The number of carbonyl (C=O) groups is 1. The molecule has 9 heteroatoms. The summed E-state index contributed by atoms with van der Waals surface area (Å²) in [5.41, 5.74) is 3.94. The number of ether oxygens (including phenoxy) is 3. The van der Waals surface area contributed by atoms with Crippen molar-refractivity contribution in [3.63, 3.8) is 0 Å². The van der Waals surface area contributed by atoms with E-state index in [4.69, 9.17) is 19.2 Å². The van der Waals surface area contributed by atoms with Gasteiger partial charge in [-0.3, -0.25) is 10.1 Å². The Morgan fingerprint density at radius 1 is 0.919 bits per heavy atom. The van der Waals surface area contributed by atoms with E-state index in [2.05, 4.69) is 21.2 Å². The molecule has 1 aromatic heterocycles. The van der Waals surface area contributed by atoms with Crippen LogP contribution in [0.5, 0.6) is 23.0 Å². The van der Waals surface area contributed by atoms with E-state index >= 15 is 0 Å². The number of halogens is 1. The van der Waals surface area contributed by atoms with Gasteiger partial charge in [-0.05, 0) is 53.6 Å². The summed E-state index contributed by atoms with van der Waals surface area (Å²) in [7, 11) is 6.69. The normalized spacial score (nSPS) is 10.7. The number of hydrogen-bond acceptors (Lipinski definition) is 6. The Hall–Kier alpha value is -3.98. The molecule has 0 unspecified atom stereocenters. The van der Waals surface area contributed by atoms with Crippen LogP contribution in [-0.2, 0) is 19.9 Å². The number of hydrogen-bond donors (Lipinski definition) is 2. The highest BCUT2D eigenvalue weighted by Gasteiger charge is 2.20. The second kappa shape index (κ2) is 11.4. The first-order valence-electron chi connectivity index (χ1n) is 11.5. The van der Waals surface area contributed by atoms with Gasteiger partial charge in [-0.25, -0.2) is 4.98 Å². The molecule has 0 radical (unpaired) electrons. The van der Waals surface area contributed by atoms with Crippen molar-refractivity contribution in [3.05, 3.63) is 93.2 Å². The molecule has 192 valence electrons. The summed E-state index contributed by atoms with van der Waals surface area (Å²) in [6.07, 6.45) is 1.10. The quantitative estimate of drug-likeness (QED) is 0.284. The van der Waals surface area contributed by atoms with E-state index in [1.54, 1.807) is 33.5 Å². The molecule has 0 bridgehead atoms. The molecular formula is C28H28BrN3O5. The van der Waals surface area contributed by atoms with Gasteiger partial charge in [0.1, 0.15) is 11.5 Å². The molecule has 4 rings (SSSR count). The molecule has 0 saturated heterocycles. The van der Waals surface area contributed by atoms with Crippen LogP contribution in [0.15, 0.2) is 65.1 Å². The predicted octanol–water partition coefficient (Wildman–Crippen LogP) is 5.35. The maximum atomic E-state index is 13.0. The molecule has 0 aliphatic rings. The van der Waals surface area contributed by atoms with Crippen LogP contribution < -0.4 is 19.5 Å². The number of benzene rings is 3. The molecule has 0 saturated carbocycles. The number of aromatic nitrogens is 2. The lowest BCUT2D eigenvalue weighted by atomic mass is 10.0.